The Morgan fingerprint density at radius 3 is 2.88 bits per heavy atom. The van der Waals surface area contributed by atoms with Crippen molar-refractivity contribution in [1.82, 2.24) is 5.32 Å². The van der Waals surface area contributed by atoms with Crippen LogP contribution in [0.5, 0.6) is 0 Å². The molecule has 0 fully saturated rings. The number of nitrogens with zero attached hydrogens (tertiary/aromatic N) is 1. The Labute approximate surface area is 110 Å². The number of halogens is 1. The lowest BCUT2D eigenvalue weighted by molar-refractivity contribution is 0.318. The molecule has 1 N–H and O–H groups in total. The molecule has 2 nitrogen and oxygen atoms in total. The molecule has 0 unspecified atom stereocenters. The number of nitrogens with one attached hydrogen (secondary N) is 1. The highest BCUT2D eigenvalue weighted by Gasteiger charge is 2.16. The smallest absolute Gasteiger partial charge is 0.0621 e. The van der Waals surface area contributed by atoms with Gasteiger partial charge in [0.1, 0.15) is 0 Å². The molecule has 16 heavy (non-hydrogen) atoms. The van der Waals surface area contributed by atoms with Crippen molar-refractivity contribution in [1.29, 1.82) is 5.26 Å². The van der Waals surface area contributed by atoms with E-state index in [0.29, 0.717) is 6.42 Å². The molecule has 1 heterocycles. The lowest BCUT2D eigenvalue weighted by Gasteiger charge is -2.23. The highest BCUT2D eigenvalue weighted by Crippen LogP contribution is 2.22. The summed E-state index contributed by atoms with van der Waals surface area (Å²) in [6.45, 7) is 6.25. The zero-order chi connectivity index (χ0) is 12.0. The minimum atomic E-state index is 0.199. The molecule has 0 amide bonds. The second-order valence-corrected chi connectivity index (χ2v) is 6.57. The fourth-order valence-corrected chi connectivity index (χ4v) is 2.87. The zero-order valence-corrected chi connectivity index (χ0v) is 12.1. The summed E-state index contributed by atoms with van der Waals surface area (Å²) >= 11 is 5.20. The highest BCUT2D eigenvalue weighted by atomic mass is 79.9. The molecular formula is C12H17BrN2S. The van der Waals surface area contributed by atoms with Crippen molar-refractivity contribution >= 4 is 27.3 Å². The predicted molar refractivity (Wildman–Crippen MR) is 72.4 cm³/mol. The molecule has 4 heteroatoms. The first-order valence-corrected chi connectivity index (χ1v) is 7.01. The Bertz CT molecular complexity index is 365. The molecule has 0 saturated heterocycles. The van der Waals surface area contributed by atoms with E-state index in [2.05, 4.69) is 52.6 Å². The molecule has 88 valence electrons. The van der Waals surface area contributed by atoms with Crippen LogP contribution in [0.2, 0.25) is 0 Å². The molecule has 0 saturated carbocycles. The van der Waals surface area contributed by atoms with Crippen molar-refractivity contribution in [3.8, 4) is 6.07 Å². The molecule has 0 radical (unpaired) electrons. The van der Waals surface area contributed by atoms with Crippen LogP contribution in [0.4, 0.5) is 0 Å². The van der Waals surface area contributed by atoms with Crippen LogP contribution in [0.15, 0.2) is 15.9 Å². The van der Waals surface area contributed by atoms with Gasteiger partial charge in [-0.1, -0.05) is 13.8 Å². The van der Waals surface area contributed by atoms with Gasteiger partial charge in [-0.05, 0) is 33.8 Å². The first-order valence-electron chi connectivity index (χ1n) is 5.34. The second kappa shape index (κ2) is 6.39. The van der Waals surface area contributed by atoms with Crippen molar-refractivity contribution < 1.29 is 0 Å². The minimum absolute atomic E-state index is 0.199. The van der Waals surface area contributed by atoms with Gasteiger partial charge in [0.05, 0.1) is 6.07 Å². The number of nitriles is 1. The third-order valence-corrected chi connectivity index (χ3v) is 4.14. The summed E-state index contributed by atoms with van der Waals surface area (Å²) in [4.78, 5) is 1.34. The van der Waals surface area contributed by atoms with E-state index in [9.17, 15) is 0 Å². The number of hydrogen-bond acceptors (Lipinski definition) is 3. The summed E-state index contributed by atoms with van der Waals surface area (Å²) in [6.07, 6.45) is 1.59. The minimum Gasteiger partial charge on any atom is -0.311 e. The predicted octanol–water partition coefficient (Wildman–Crippen LogP) is 3.93. The topological polar surface area (TPSA) is 35.8 Å². The lowest BCUT2D eigenvalue weighted by Crippen LogP contribution is -2.28. The van der Waals surface area contributed by atoms with Crippen molar-refractivity contribution in [3.63, 3.8) is 0 Å². The third-order valence-electron chi connectivity index (χ3n) is 2.44. The van der Waals surface area contributed by atoms with E-state index >= 15 is 0 Å². The normalized spacial score (nSPS) is 11.4. The van der Waals surface area contributed by atoms with Gasteiger partial charge in [0, 0.05) is 34.2 Å². The maximum Gasteiger partial charge on any atom is 0.0621 e. The zero-order valence-electron chi connectivity index (χ0n) is 9.72. The van der Waals surface area contributed by atoms with Gasteiger partial charge in [-0.3, -0.25) is 0 Å². The van der Waals surface area contributed by atoms with Gasteiger partial charge in [0.2, 0.25) is 0 Å². The van der Waals surface area contributed by atoms with E-state index < -0.39 is 0 Å². The summed E-state index contributed by atoms with van der Waals surface area (Å²) in [5.74, 6) is 0. The van der Waals surface area contributed by atoms with E-state index in [1.807, 2.05) is 0 Å². The van der Waals surface area contributed by atoms with Crippen molar-refractivity contribution in [2.24, 2.45) is 5.41 Å². The molecule has 0 aliphatic heterocycles. The van der Waals surface area contributed by atoms with E-state index in [4.69, 9.17) is 5.26 Å². The van der Waals surface area contributed by atoms with E-state index in [1.54, 1.807) is 11.3 Å². The Morgan fingerprint density at radius 1 is 1.56 bits per heavy atom. The number of hydrogen-bond donors (Lipinski definition) is 1. The largest absolute Gasteiger partial charge is 0.311 e. The SMILES string of the molecule is CC(C)(CCC#N)CNCc1cc(Br)cs1. The lowest BCUT2D eigenvalue weighted by atomic mass is 9.88. The van der Waals surface area contributed by atoms with Crippen molar-refractivity contribution in [2.75, 3.05) is 6.54 Å². The average Bonchev–Trinajstić information content (AvgIpc) is 2.61. The van der Waals surface area contributed by atoms with E-state index in [0.717, 1.165) is 24.0 Å². The molecule has 0 aromatic carbocycles. The van der Waals surface area contributed by atoms with Crippen LogP contribution in [0, 0.1) is 16.7 Å². The van der Waals surface area contributed by atoms with E-state index in [-0.39, 0.29) is 5.41 Å². The van der Waals surface area contributed by atoms with Gasteiger partial charge in [-0.15, -0.1) is 11.3 Å². The monoisotopic (exact) mass is 300 g/mol. The molecule has 0 aliphatic rings. The van der Waals surface area contributed by atoms with E-state index in [1.165, 1.54) is 4.88 Å². The van der Waals surface area contributed by atoms with Crippen LogP contribution in [0.3, 0.4) is 0 Å². The molecule has 1 rings (SSSR count). The van der Waals surface area contributed by atoms with Crippen molar-refractivity contribution in [2.45, 2.75) is 33.2 Å². The molecular weight excluding hydrogens is 284 g/mol. The van der Waals surface area contributed by atoms with Gasteiger partial charge in [-0.2, -0.15) is 5.26 Å². The quantitative estimate of drug-likeness (QED) is 0.864. The highest BCUT2D eigenvalue weighted by molar-refractivity contribution is 9.10. The van der Waals surface area contributed by atoms with Gasteiger partial charge >= 0.3 is 0 Å². The van der Waals surface area contributed by atoms with Gasteiger partial charge < -0.3 is 5.32 Å². The first-order chi connectivity index (χ1) is 7.53. The molecule has 0 atom stereocenters. The number of rotatable bonds is 6. The molecule has 0 aliphatic carbocycles. The third kappa shape index (κ3) is 5.11. The standard InChI is InChI=1S/C12H17BrN2S/c1-12(2,4-3-5-14)9-15-7-11-6-10(13)8-16-11/h6,8,15H,3-4,7,9H2,1-2H3. The fraction of sp³-hybridized carbons (Fsp3) is 0.583. The van der Waals surface area contributed by atoms with Crippen LogP contribution < -0.4 is 5.32 Å². The summed E-state index contributed by atoms with van der Waals surface area (Å²) in [7, 11) is 0. The Hall–Kier alpha value is -0.370. The van der Waals surface area contributed by atoms with Crippen molar-refractivity contribution in [3.05, 3.63) is 20.8 Å². The maximum atomic E-state index is 8.56. The van der Waals surface area contributed by atoms with Crippen LogP contribution in [-0.2, 0) is 6.54 Å². The molecule has 1 aromatic heterocycles. The summed E-state index contributed by atoms with van der Waals surface area (Å²) in [5.41, 5.74) is 0.199. The molecule has 0 spiro atoms. The van der Waals surface area contributed by atoms with Crippen LogP contribution in [0.25, 0.3) is 0 Å². The molecule has 1 aromatic rings. The van der Waals surface area contributed by atoms with Gasteiger partial charge in [0.15, 0.2) is 0 Å². The second-order valence-electron chi connectivity index (χ2n) is 4.66. The summed E-state index contributed by atoms with van der Waals surface area (Å²) < 4.78 is 1.15. The Balaban J connectivity index is 2.27. The Morgan fingerprint density at radius 2 is 2.31 bits per heavy atom. The van der Waals surface area contributed by atoms with Crippen LogP contribution in [-0.4, -0.2) is 6.54 Å². The van der Waals surface area contributed by atoms with Gasteiger partial charge in [-0.25, -0.2) is 0 Å². The van der Waals surface area contributed by atoms with Gasteiger partial charge in [0.25, 0.3) is 0 Å². The maximum absolute atomic E-state index is 8.56. The Kier molecular flexibility index (Phi) is 5.47. The first kappa shape index (κ1) is 13.7. The van der Waals surface area contributed by atoms with Crippen LogP contribution >= 0.6 is 27.3 Å². The summed E-state index contributed by atoms with van der Waals surface area (Å²) in [5, 5.41) is 14.1. The summed E-state index contributed by atoms with van der Waals surface area (Å²) in [6, 6.07) is 4.34. The average molecular weight is 301 g/mol. The number of thiophene rings is 1. The molecule has 0 bridgehead atoms. The fourth-order valence-electron chi connectivity index (χ4n) is 1.45. The van der Waals surface area contributed by atoms with Crippen LogP contribution in [0.1, 0.15) is 31.6 Å².